The third kappa shape index (κ3) is 3.61. The van der Waals surface area contributed by atoms with Gasteiger partial charge in [-0.25, -0.2) is 4.79 Å². The number of carbonyl (C=O) groups is 1. The molecule has 4 nitrogen and oxygen atoms in total. The zero-order valence-corrected chi connectivity index (χ0v) is 10.9. The van der Waals surface area contributed by atoms with Crippen molar-refractivity contribution in [2.75, 3.05) is 7.05 Å². The summed E-state index contributed by atoms with van der Waals surface area (Å²) in [6.45, 7) is 6.47. The van der Waals surface area contributed by atoms with Crippen molar-refractivity contribution in [2.24, 2.45) is 5.16 Å². The van der Waals surface area contributed by atoms with Gasteiger partial charge in [-0.2, -0.15) is 0 Å². The van der Waals surface area contributed by atoms with Crippen molar-refractivity contribution in [2.45, 2.75) is 35.4 Å². The van der Waals surface area contributed by atoms with Crippen LogP contribution in [0.5, 0.6) is 0 Å². The third-order valence-electron chi connectivity index (χ3n) is 2.13. The highest BCUT2D eigenvalue weighted by molar-refractivity contribution is 8.22. The van der Waals surface area contributed by atoms with Gasteiger partial charge in [-0.3, -0.25) is 4.84 Å². The van der Waals surface area contributed by atoms with Gasteiger partial charge in [0.25, 0.3) is 0 Å². The lowest BCUT2D eigenvalue weighted by atomic mass is 10.4. The Morgan fingerprint density at radius 1 is 1.47 bits per heavy atom. The fourth-order valence-electron chi connectivity index (χ4n) is 1.23. The second kappa shape index (κ2) is 5.12. The molecule has 1 fully saturated rings. The van der Waals surface area contributed by atoms with Gasteiger partial charge in [0.05, 0.1) is 10.3 Å². The standard InChI is InChI=1S/C9H16N2O2S2/c1-6-7(2)15-9(3,14-6)5-11-13-8(12)10-4/h5-7H,1-4H3,(H,10,12)/b11-5+. The van der Waals surface area contributed by atoms with E-state index in [2.05, 4.69) is 36.1 Å². The van der Waals surface area contributed by atoms with Crippen LogP contribution in [0.15, 0.2) is 5.16 Å². The van der Waals surface area contributed by atoms with Gasteiger partial charge in [-0.05, 0) is 6.92 Å². The largest absolute Gasteiger partial charge is 0.433 e. The zero-order valence-electron chi connectivity index (χ0n) is 9.31. The van der Waals surface area contributed by atoms with Gasteiger partial charge in [0.15, 0.2) is 0 Å². The van der Waals surface area contributed by atoms with Gasteiger partial charge in [-0.1, -0.05) is 19.0 Å². The summed E-state index contributed by atoms with van der Waals surface area (Å²) in [7, 11) is 1.50. The van der Waals surface area contributed by atoms with E-state index in [1.165, 1.54) is 7.05 Å². The van der Waals surface area contributed by atoms with E-state index >= 15 is 0 Å². The van der Waals surface area contributed by atoms with E-state index in [0.29, 0.717) is 10.5 Å². The summed E-state index contributed by atoms with van der Waals surface area (Å²) in [5, 5.41) is 7.20. The molecule has 0 aromatic carbocycles. The van der Waals surface area contributed by atoms with Gasteiger partial charge in [0.2, 0.25) is 0 Å². The van der Waals surface area contributed by atoms with Crippen LogP contribution < -0.4 is 5.32 Å². The molecule has 2 atom stereocenters. The highest BCUT2D eigenvalue weighted by Gasteiger charge is 2.38. The van der Waals surface area contributed by atoms with Crippen molar-refractivity contribution in [1.82, 2.24) is 5.32 Å². The van der Waals surface area contributed by atoms with Gasteiger partial charge in [0.1, 0.15) is 0 Å². The van der Waals surface area contributed by atoms with Crippen LogP contribution in [-0.2, 0) is 4.84 Å². The number of hydrogen-bond donors (Lipinski definition) is 1. The minimum atomic E-state index is -0.538. The molecule has 0 aromatic rings. The van der Waals surface area contributed by atoms with Crippen LogP contribution >= 0.6 is 23.5 Å². The van der Waals surface area contributed by atoms with Crippen LogP contribution in [0.3, 0.4) is 0 Å². The van der Waals surface area contributed by atoms with Crippen LogP contribution in [0.1, 0.15) is 20.8 Å². The van der Waals surface area contributed by atoms with E-state index < -0.39 is 6.09 Å². The van der Waals surface area contributed by atoms with E-state index in [-0.39, 0.29) is 4.08 Å². The van der Waals surface area contributed by atoms with Crippen LogP contribution in [-0.4, -0.2) is 33.9 Å². The summed E-state index contributed by atoms with van der Waals surface area (Å²) in [4.78, 5) is 15.3. The third-order valence-corrected chi connectivity index (χ3v) is 5.58. The number of nitrogens with zero attached hydrogens (tertiary/aromatic N) is 1. The molecule has 0 bridgehead atoms. The molecule has 1 N–H and O–H groups in total. The second-order valence-corrected chi connectivity index (χ2v) is 7.44. The Morgan fingerprint density at radius 2 is 2.00 bits per heavy atom. The number of oxime groups is 1. The second-order valence-electron chi connectivity index (χ2n) is 3.53. The Labute approximate surface area is 98.6 Å². The molecule has 86 valence electrons. The van der Waals surface area contributed by atoms with Crippen LogP contribution in [0.2, 0.25) is 0 Å². The van der Waals surface area contributed by atoms with Crippen molar-refractivity contribution < 1.29 is 9.63 Å². The summed E-state index contributed by atoms with van der Waals surface area (Å²) in [6, 6.07) is 0. The maximum atomic E-state index is 10.8. The molecular weight excluding hydrogens is 232 g/mol. The number of thioether (sulfide) groups is 2. The molecule has 6 heteroatoms. The summed E-state index contributed by atoms with van der Waals surface area (Å²) in [5.41, 5.74) is 0. The number of hydrogen-bond acceptors (Lipinski definition) is 5. The normalized spacial score (nSPS) is 35.7. The number of carbonyl (C=O) groups excluding carboxylic acids is 1. The molecule has 0 radical (unpaired) electrons. The van der Waals surface area contributed by atoms with Crippen molar-refractivity contribution in [3.8, 4) is 0 Å². The maximum absolute atomic E-state index is 10.8. The Bertz CT molecular complexity index is 261. The Kier molecular flexibility index (Phi) is 4.33. The Hall–Kier alpha value is -0.360. The first kappa shape index (κ1) is 12.7. The lowest BCUT2D eigenvalue weighted by molar-refractivity contribution is 0.153. The minimum absolute atomic E-state index is 0.0904. The monoisotopic (exact) mass is 248 g/mol. The first-order valence-corrected chi connectivity index (χ1v) is 6.51. The smallest absolute Gasteiger partial charge is 0.323 e. The van der Waals surface area contributed by atoms with Crippen molar-refractivity contribution in [3.05, 3.63) is 0 Å². The number of rotatable bonds is 2. The van der Waals surface area contributed by atoms with Crippen LogP contribution in [0.25, 0.3) is 0 Å². The summed E-state index contributed by atoms with van der Waals surface area (Å²) in [6.07, 6.45) is 1.15. The van der Waals surface area contributed by atoms with E-state index in [1.54, 1.807) is 6.21 Å². The summed E-state index contributed by atoms with van der Waals surface area (Å²) in [5.74, 6) is 0. The van der Waals surface area contributed by atoms with Crippen molar-refractivity contribution in [3.63, 3.8) is 0 Å². The first-order valence-electron chi connectivity index (χ1n) is 4.76. The molecule has 0 saturated carbocycles. The predicted molar refractivity (Wildman–Crippen MR) is 66.5 cm³/mol. The predicted octanol–water partition coefficient (Wildman–Crippen LogP) is 2.30. The molecule has 1 saturated heterocycles. The molecule has 1 rings (SSSR count). The zero-order chi connectivity index (χ0) is 11.5. The van der Waals surface area contributed by atoms with Gasteiger partial charge in [0, 0.05) is 17.5 Å². The number of amides is 1. The Balaban J connectivity index is 2.47. The number of nitrogens with one attached hydrogen (secondary N) is 1. The fourth-order valence-corrected chi connectivity index (χ4v) is 4.77. The molecule has 0 aliphatic carbocycles. The van der Waals surface area contributed by atoms with E-state index in [1.807, 2.05) is 23.5 Å². The van der Waals surface area contributed by atoms with Crippen LogP contribution in [0.4, 0.5) is 4.79 Å². The quantitative estimate of drug-likeness (QED) is 0.463. The van der Waals surface area contributed by atoms with Crippen molar-refractivity contribution >= 4 is 35.8 Å². The van der Waals surface area contributed by atoms with Crippen LogP contribution in [0, 0.1) is 0 Å². The lowest BCUT2D eigenvalue weighted by Crippen LogP contribution is -2.19. The van der Waals surface area contributed by atoms with Gasteiger partial charge >= 0.3 is 6.09 Å². The fraction of sp³-hybridized carbons (Fsp3) is 0.778. The van der Waals surface area contributed by atoms with E-state index in [9.17, 15) is 4.79 Å². The lowest BCUT2D eigenvalue weighted by Gasteiger charge is -2.15. The van der Waals surface area contributed by atoms with Gasteiger partial charge < -0.3 is 5.32 Å². The maximum Gasteiger partial charge on any atom is 0.433 e. The van der Waals surface area contributed by atoms with E-state index in [4.69, 9.17) is 0 Å². The van der Waals surface area contributed by atoms with E-state index in [0.717, 1.165) is 0 Å². The summed E-state index contributed by atoms with van der Waals surface area (Å²) < 4.78 is -0.0904. The molecule has 1 aliphatic heterocycles. The highest BCUT2D eigenvalue weighted by atomic mass is 32.2. The molecular formula is C9H16N2O2S2. The summed E-state index contributed by atoms with van der Waals surface area (Å²) >= 11 is 3.67. The van der Waals surface area contributed by atoms with Crippen molar-refractivity contribution in [1.29, 1.82) is 0 Å². The first-order chi connectivity index (χ1) is 6.97. The topological polar surface area (TPSA) is 50.7 Å². The molecule has 1 amide bonds. The SMILES string of the molecule is CNC(=O)O/N=C/C1(C)SC(C)C(C)S1. The molecule has 0 spiro atoms. The molecule has 1 aliphatic rings. The average molecular weight is 248 g/mol. The van der Waals surface area contributed by atoms with Gasteiger partial charge in [-0.15, -0.1) is 23.5 Å². The molecule has 15 heavy (non-hydrogen) atoms. The highest BCUT2D eigenvalue weighted by Crippen LogP contribution is 2.50. The minimum Gasteiger partial charge on any atom is -0.323 e. The molecule has 1 heterocycles. The molecule has 2 unspecified atom stereocenters. The molecule has 0 aromatic heterocycles. The Morgan fingerprint density at radius 3 is 2.47 bits per heavy atom. The average Bonchev–Trinajstić information content (AvgIpc) is 2.41.